The monoisotopic (exact) mass is 365 g/mol. The van der Waals surface area contributed by atoms with Gasteiger partial charge in [-0.1, -0.05) is 19.1 Å². The quantitative estimate of drug-likeness (QED) is 0.620. The molecule has 0 aliphatic carbocycles. The molecule has 1 aromatic rings. The van der Waals surface area contributed by atoms with E-state index in [-0.39, 0.29) is 18.1 Å². The van der Waals surface area contributed by atoms with Crippen LogP contribution in [0.25, 0.3) is 0 Å². The highest BCUT2D eigenvalue weighted by Crippen LogP contribution is 2.29. The molecule has 0 aromatic heterocycles. The minimum Gasteiger partial charge on any atom is -0.355 e. The first kappa shape index (κ1) is 20.3. The lowest BCUT2D eigenvalue weighted by Crippen LogP contribution is -2.40. The van der Waals surface area contributed by atoms with E-state index in [9.17, 15) is 21.6 Å². The van der Waals surface area contributed by atoms with Crippen molar-refractivity contribution >= 4 is 15.8 Å². The summed E-state index contributed by atoms with van der Waals surface area (Å²) in [5.74, 6) is 0.548. The zero-order valence-electron chi connectivity index (χ0n) is 13.9. The topological polar surface area (TPSA) is 61.8 Å². The van der Waals surface area contributed by atoms with Gasteiger partial charge in [0.15, 0.2) is 15.8 Å². The van der Waals surface area contributed by atoms with Gasteiger partial charge in [0.1, 0.15) is 0 Å². The molecule has 1 rings (SSSR count). The van der Waals surface area contributed by atoms with Gasteiger partial charge in [0.2, 0.25) is 0 Å². The van der Waals surface area contributed by atoms with E-state index in [1.54, 1.807) is 25.9 Å². The number of hydrogen-bond donors (Lipinski definition) is 1. The van der Waals surface area contributed by atoms with Crippen LogP contribution < -0.4 is 5.32 Å². The molecule has 0 heterocycles. The molecule has 0 fully saturated rings. The zero-order chi connectivity index (χ0) is 18.4. The Bertz CT molecular complexity index is 656. The maximum absolute atomic E-state index is 12.5. The third-order valence-corrected chi connectivity index (χ3v) is 5.12. The average molecular weight is 365 g/mol. The van der Waals surface area contributed by atoms with E-state index in [0.29, 0.717) is 18.1 Å². The largest absolute Gasteiger partial charge is 0.416 e. The Labute approximate surface area is 140 Å². The summed E-state index contributed by atoms with van der Waals surface area (Å²) < 4.78 is 60.5. The molecule has 0 radical (unpaired) electrons. The lowest BCUT2D eigenvalue weighted by atomic mass is 10.1. The van der Waals surface area contributed by atoms with Gasteiger partial charge in [0, 0.05) is 32.9 Å². The van der Waals surface area contributed by atoms with E-state index < -0.39 is 21.6 Å². The molecule has 5 nitrogen and oxygen atoms in total. The van der Waals surface area contributed by atoms with Gasteiger partial charge in [-0.15, -0.1) is 0 Å². The van der Waals surface area contributed by atoms with E-state index in [4.69, 9.17) is 0 Å². The molecule has 0 saturated carbocycles. The molecule has 1 aromatic carbocycles. The second-order valence-corrected chi connectivity index (χ2v) is 7.73. The van der Waals surface area contributed by atoms with Crippen LogP contribution in [0.2, 0.25) is 0 Å². The number of nitrogens with one attached hydrogen (secondary N) is 1. The first-order valence-electron chi connectivity index (χ1n) is 7.37. The first-order chi connectivity index (χ1) is 11.1. The average Bonchev–Trinajstić information content (AvgIpc) is 2.51. The molecule has 1 N–H and O–H groups in total. The lowest BCUT2D eigenvalue weighted by Gasteiger charge is -2.22. The molecule has 0 unspecified atom stereocenters. The van der Waals surface area contributed by atoms with Crippen molar-refractivity contribution in [2.45, 2.75) is 19.6 Å². The SMILES string of the molecule is CCS(=O)(=O)CCNC(=NC)N(C)Cc1ccc(C(F)(F)F)cc1. The Balaban J connectivity index is 2.63. The van der Waals surface area contributed by atoms with Crippen LogP contribution in [0.1, 0.15) is 18.1 Å². The predicted molar refractivity (Wildman–Crippen MR) is 88.6 cm³/mol. The molecule has 24 heavy (non-hydrogen) atoms. The Kier molecular flexibility index (Phi) is 7.07. The van der Waals surface area contributed by atoms with E-state index in [1.807, 2.05) is 0 Å². The summed E-state index contributed by atoms with van der Waals surface area (Å²) in [6, 6.07) is 4.89. The summed E-state index contributed by atoms with van der Waals surface area (Å²) >= 11 is 0. The minimum absolute atomic E-state index is 0.00333. The maximum Gasteiger partial charge on any atom is 0.416 e. The molecule has 136 valence electrons. The molecule has 0 saturated heterocycles. The molecule has 0 bridgehead atoms. The van der Waals surface area contributed by atoms with E-state index in [1.165, 1.54) is 12.1 Å². The fourth-order valence-corrected chi connectivity index (χ4v) is 2.70. The van der Waals surface area contributed by atoms with Crippen molar-refractivity contribution in [3.63, 3.8) is 0 Å². The minimum atomic E-state index is -4.35. The second kappa shape index (κ2) is 8.36. The highest BCUT2D eigenvalue weighted by molar-refractivity contribution is 7.91. The van der Waals surface area contributed by atoms with E-state index in [0.717, 1.165) is 12.1 Å². The van der Waals surface area contributed by atoms with Crippen LogP contribution in [0.4, 0.5) is 13.2 Å². The highest BCUT2D eigenvalue weighted by Gasteiger charge is 2.29. The van der Waals surface area contributed by atoms with Gasteiger partial charge in [-0.2, -0.15) is 13.2 Å². The van der Waals surface area contributed by atoms with Crippen LogP contribution in [0.15, 0.2) is 29.3 Å². The highest BCUT2D eigenvalue weighted by atomic mass is 32.2. The summed E-state index contributed by atoms with van der Waals surface area (Å²) in [5, 5.41) is 2.93. The number of nitrogens with zero attached hydrogens (tertiary/aromatic N) is 2. The molecule has 0 aliphatic heterocycles. The summed E-state index contributed by atoms with van der Waals surface area (Å²) in [6.45, 7) is 2.15. The molecule has 0 aliphatic rings. The summed E-state index contributed by atoms with van der Waals surface area (Å²) in [6.07, 6.45) is -4.35. The number of benzene rings is 1. The van der Waals surface area contributed by atoms with Crippen LogP contribution in [0.5, 0.6) is 0 Å². The summed E-state index contributed by atoms with van der Waals surface area (Å²) in [7, 11) is 0.210. The van der Waals surface area contributed by atoms with Crippen LogP contribution in [-0.4, -0.2) is 51.4 Å². The van der Waals surface area contributed by atoms with Gasteiger partial charge < -0.3 is 10.2 Å². The lowest BCUT2D eigenvalue weighted by molar-refractivity contribution is -0.137. The molecular weight excluding hydrogens is 343 g/mol. The fraction of sp³-hybridized carbons (Fsp3) is 0.533. The number of rotatable bonds is 6. The van der Waals surface area contributed by atoms with Crippen LogP contribution in [0, 0.1) is 0 Å². The van der Waals surface area contributed by atoms with Crippen LogP contribution in [0.3, 0.4) is 0 Å². The first-order valence-corrected chi connectivity index (χ1v) is 9.19. The Morgan fingerprint density at radius 2 is 1.83 bits per heavy atom. The zero-order valence-corrected chi connectivity index (χ0v) is 14.7. The molecule has 9 heteroatoms. The van der Waals surface area contributed by atoms with Crippen molar-refractivity contribution < 1.29 is 21.6 Å². The number of halogens is 3. The van der Waals surface area contributed by atoms with Gasteiger partial charge in [-0.3, -0.25) is 4.99 Å². The smallest absolute Gasteiger partial charge is 0.355 e. The third kappa shape index (κ3) is 6.38. The number of sulfone groups is 1. The Hall–Kier alpha value is -1.77. The predicted octanol–water partition coefficient (Wildman–Crippen LogP) is 2.15. The van der Waals surface area contributed by atoms with Gasteiger partial charge in [-0.05, 0) is 17.7 Å². The summed E-state index contributed by atoms with van der Waals surface area (Å²) in [5.41, 5.74) is -0.00388. The van der Waals surface area contributed by atoms with Crippen molar-refractivity contribution in [2.75, 3.05) is 32.1 Å². The van der Waals surface area contributed by atoms with Crippen molar-refractivity contribution in [3.05, 3.63) is 35.4 Å². The molecular formula is C15H22F3N3O2S. The van der Waals surface area contributed by atoms with Crippen molar-refractivity contribution in [1.82, 2.24) is 10.2 Å². The molecule has 0 atom stereocenters. The van der Waals surface area contributed by atoms with Crippen LogP contribution >= 0.6 is 0 Å². The van der Waals surface area contributed by atoms with Gasteiger partial charge in [-0.25, -0.2) is 8.42 Å². The molecule has 0 spiro atoms. The van der Waals surface area contributed by atoms with Gasteiger partial charge in [0.25, 0.3) is 0 Å². The normalized spacial score (nSPS) is 13.0. The summed E-state index contributed by atoms with van der Waals surface area (Å²) in [4.78, 5) is 5.75. The fourth-order valence-electron chi connectivity index (χ4n) is 2.00. The standard InChI is InChI=1S/C15H22F3N3O2S/c1-4-24(22,23)10-9-20-14(19-2)21(3)11-12-5-7-13(8-6-12)15(16,17)18/h5-8H,4,9-11H2,1-3H3,(H,19,20). The third-order valence-electron chi connectivity index (χ3n) is 3.41. The van der Waals surface area contributed by atoms with Crippen molar-refractivity contribution in [2.24, 2.45) is 4.99 Å². The van der Waals surface area contributed by atoms with Gasteiger partial charge in [0.05, 0.1) is 11.3 Å². The number of alkyl halides is 3. The van der Waals surface area contributed by atoms with Crippen LogP contribution in [-0.2, 0) is 22.6 Å². The Morgan fingerprint density at radius 1 is 1.25 bits per heavy atom. The van der Waals surface area contributed by atoms with E-state index in [2.05, 4.69) is 10.3 Å². The molecule has 0 amide bonds. The van der Waals surface area contributed by atoms with Gasteiger partial charge >= 0.3 is 6.18 Å². The number of aliphatic imine (C=N–C) groups is 1. The maximum atomic E-state index is 12.5. The van der Waals surface area contributed by atoms with Crippen molar-refractivity contribution in [3.8, 4) is 0 Å². The van der Waals surface area contributed by atoms with E-state index >= 15 is 0 Å². The number of hydrogen-bond acceptors (Lipinski definition) is 3. The number of guanidine groups is 1. The second-order valence-electron chi connectivity index (χ2n) is 5.26. The van der Waals surface area contributed by atoms with Crippen molar-refractivity contribution in [1.29, 1.82) is 0 Å². The Morgan fingerprint density at radius 3 is 2.29 bits per heavy atom.